The first-order chi connectivity index (χ1) is 16.8. The number of anilines is 1. The smallest absolute Gasteiger partial charge is 0.261 e. The summed E-state index contributed by atoms with van der Waals surface area (Å²) in [6.45, 7) is 4.89. The zero-order valence-electron chi connectivity index (χ0n) is 20.3. The quantitative estimate of drug-likeness (QED) is 0.563. The van der Waals surface area contributed by atoms with Crippen LogP contribution in [0.15, 0.2) is 52.3 Å². The molecular formula is C26H33N3O4S2. The third-order valence-corrected chi connectivity index (χ3v) is 8.99. The molecule has 2 aliphatic heterocycles. The molecule has 2 fully saturated rings. The zero-order valence-corrected chi connectivity index (χ0v) is 22.0. The molecule has 0 bridgehead atoms. The summed E-state index contributed by atoms with van der Waals surface area (Å²) >= 11 is 1.42. The van der Waals surface area contributed by atoms with E-state index in [4.69, 9.17) is 0 Å². The Kier molecular flexibility index (Phi) is 8.06. The number of para-hydroxylation sites is 1. The van der Waals surface area contributed by atoms with Crippen LogP contribution in [-0.4, -0.2) is 62.5 Å². The number of likely N-dealkylation sites (tertiary alicyclic amines) is 2. The molecule has 0 atom stereocenters. The van der Waals surface area contributed by atoms with Crippen LogP contribution in [0.25, 0.3) is 0 Å². The minimum absolute atomic E-state index is 0.00394. The van der Waals surface area contributed by atoms with Crippen molar-refractivity contribution in [2.45, 2.75) is 48.8 Å². The molecule has 2 heterocycles. The standard InChI is InChI=1S/C26H33N3O4S2/c1-19-12-16-29(17-13-19)26(31)22-18-20(10-11-24(22)34-2)35(32,33)27-23-9-5-4-8-21(23)25(30)28-14-6-3-7-15-28/h4-5,8-11,18-19,27H,3,6-7,12-17H2,1-2H3. The number of rotatable bonds is 6. The summed E-state index contributed by atoms with van der Waals surface area (Å²) in [5.41, 5.74) is 0.972. The first-order valence-electron chi connectivity index (χ1n) is 12.2. The number of nitrogens with one attached hydrogen (secondary N) is 1. The minimum atomic E-state index is -4.02. The monoisotopic (exact) mass is 515 g/mol. The van der Waals surface area contributed by atoms with Crippen LogP contribution in [0.4, 0.5) is 5.69 Å². The molecule has 1 N–H and O–H groups in total. The van der Waals surface area contributed by atoms with E-state index in [0.29, 0.717) is 43.2 Å². The summed E-state index contributed by atoms with van der Waals surface area (Å²) in [6.07, 6.45) is 6.77. The second-order valence-corrected chi connectivity index (χ2v) is 11.9. The summed E-state index contributed by atoms with van der Waals surface area (Å²) in [5, 5.41) is 0. The van der Waals surface area contributed by atoms with Crippen molar-refractivity contribution in [2.75, 3.05) is 37.2 Å². The molecule has 2 aromatic carbocycles. The van der Waals surface area contributed by atoms with Crippen LogP contribution in [0.3, 0.4) is 0 Å². The lowest BCUT2D eigenvalue weighted by molar-refractivity contribution is 0.0691. The fourth-order valence-corrected chi connectivity index (χ4v) is 6.31. The second kappa shape index (κ2) is 11.0. The Hall–Kier alpha value is -2.52. The summed E-state index contributed by atoms with van der Waals surface area (Å²) < 4.78 is 29.4. The molecule has 2 amide bonds. The fourth-order valence-electron chi connectivity index (χ4n) is 4.63. The number of sulfonamides is 1. The first kappa shape index (κ1) is 25.6. The van der Waals surface area contributed by atoms with Crippen LogP contribution in [0.1, 0.15) is 59.7 Å². The molecule has 0 spiro atoms. The Balaban J connectivity index is 1.61. The molecule has 2 saturated heterocycles. The summed E-state index contributed by atoms with van der Waals surface area (Å²) in [5.74, 6) is 0.276. The molecule has 35 heavy (non-hydrogen) atoms. The molecule has 2 aromatic rings. The third-order valence-electron chi connectivity index (χ3n) is 6.83. The number of benzene rings is 2. The van der Waals surface area contributed by atoms with Gasteiger partial charge in [-0.15, -0.1) is 11.8 Å². The van der Waals surface area contributed by atoms with Gasteiger partial charge in [-0.1, -0.05) is 19.1 Å². The second-order valence-electron chi connectivity index (χ2n) is 9.34. The van der Waals surface area contributed by atoms with Gasteiger partial charge in [-0.2, -0.15) is 0 Å². The summed E-state index contributed by atoms with van der Waals surface area (Å²) in [7, 11) is -4.02. The molecule has 0 radical (unpaired) electrons. The number of carbonyl (C=O) groups excluding carboxylic acids is 2. The highest BCUT2D eigenvalue weighted by Crippen LogP contribution is 2.29. The van der Waals surface area contributed by atoms with E-state index in [-0.39, 0.29) is 22.4 Å². The van der Waals surface area contributed by atoms with Crippen LogP contribution in [0.5, 0.6) is 0 Å². The highest BCUT2D eigenvalue weighted by Gasteiger charge is 2.27. The SMILES string of the molecule is CSc1ccc(S(=O)(=O)Nc2ccccc2C(=O)N2CCCCC2)cc1C(=O)N1CCC(C)CC1. The summed E-state index contributed by atoms with van der Waals surface area (Å²) in [6, 6.07) is 11.3. The van der Waals surface area contributed by atoms with Gasteiger partial charge in [-0.05, 0) is 74.6 Å². The van der Waals surface area contributed by atoms with Crippen molar-refractivity contribution in [1.29, 1.82) is 0 Å². The van der Waals surface area contributed by atoms with Crippen LogP contribution in [0, 0.1) is 5.92 Å². The lowest BCUT2D eigenvalue weighted by Crippen LogP contribution is -2.38. The van der Waals surface area contributed by atoms with Crippen molar-refractivity contribution < 1.29 is 18.0 Å². The predicted octanol–water partition coefficient (Wildman–Crippen LogP) is 4.71. The van der Waals surface area contributed by atoms with Gasteiger partial charge in [0.2, 0.25) is 0 Å². The third kappa shape index (κ3) is 5.83. The molecule has 7 nitrogen and oxygen atoms in total. The van der Waals surface area contributed by atoms with Gasteiger partial charge in [0.25, 0.3) is 21.8 Å². The number of hydrogen-bond acceptors (Lipinski definition) is 5. The number of amides is 2. The van der Waals surface area contributed by atoms with Crippen molar-refractivity contribution in [2.24, 2.45) is 5.92 Å². The van der Waals surface area contributed by atoms with Gasteiger partial charge < -0.3 is 9.80 Å². The number of carbonyl (C=O) groups is 2. The maximum absolute atomic E-state index is 13.4. The van der Waals surface area contributed by atoms with E-state index in [1.807, 2.05) is 11.2 Å². The predicted molar refractivity (Wildman–Crippen MR) is 140 cm³/mol. The number of hydrogen-bond donors (Lipinski definition) is 1. The van der Waals surface area contributed by atoms with Crippen LogP contribution in [0.2, 0.25) is 0 Å². The molecule has 188 valence electrons. The van der Waals surface area contributed by atoms with E-state index in [1.54, 1.807) is 35.2 Å². The Morgan fingerprint density at radius 2 is 1.51 bits per heavy atom. The fraction of sp³-hybridized carbons (Fsp3) is 0.462. The Bertz CT molecular complexity index is 1180. The van der Waals surface area contributed by atoms with E-state index in [2.05, 4.69) is 11.6 Å². The first-order valence-corrected chi connectivity index (χ1v) is 14.9. The van der Waals surface area contributed by atoms with Gasteiger partial charge in [-0.3, -0.25) is 14.3 Å². The zero-order chi connectivity index (χ0) is 25.0. The van der Waals surface area contributed by atoms with Crippen molar-refractivity contribution in [3.05, 3.63) is 53.6 Å². The van der Waals surface area contributed by atoms with Gasteiger partial charge in [0, 0.05) is 31.1 Å². The number of nitrogens with zero attached hydrogens (tertiary/aromatic N) is 2. The lowest BCUT2D eigenvalue weighted by atomic mass is 9.98. The van der Waals surface area contributed by atoms with Crippen molar-refractivity contribution in [3.63, 3.8) is 0 Å². The number of piperidine rings is 2. The topological polar surface area (TPSA) is 86.8 Å². The van der Waals surface area contributed by atoms with Crippen molar-refractivity contribution in [1.82, 2.24) is 9.80 Å². The molecule has 2 aliphatic rings. The Labute approximate surface area is 212 Å². The Morgan fingerprint density at radius 1 is 0.886 bits per heavy atom. The molecule has 0 aliphatic carbocycles. The normalized spacial score (nSPS) is 17.3. The molecule has 9 heteroatoms. The highest BCUT2D eigenvalue weighted by atomic mass is 32.2. The average Bonchev–Trinajstić information content (AvgIpc) is 2.88. The summed E-state index contributed by atoms with van der Waals surface area (Å²) in [4.78, 5) is 30.7. The van der Waals surface area contributed by atoms with Gasteiger partial charge in [0.15, 0.2) is 0 Å². The van der Waals surface area contributed by atoms with Crippen LogP contribution < -0.4 is 4.72 Å². The molecule has 4 rings (SSSR count). The van der Waals surface area contributed by atoms with Crippen molar-refractivity contribution in [3.8, 4) is 0 Å². The Morgan fingerprint density at radius 3 is 2.20 bits per heavy atom. The van der Waals surface area contributed by atoms with Gasteiger partial charge >= 0.3 is 0 Å². The van der Waals surface area contributed by atoms with Gasteiger partial charge in [0.1, 0.15) is 0 Å². The van der Waals surface area contributed by atoms with Crippen LogP contribution in [-0.2, 0) is 10.0 Å². The highest BCUT2D eigenvalue weighted by molar-refractivity contribution is 7.98. The average molecular weight is 516 g/mol. The van der Waals surface area contributed by atoms with E-state index in [1.165, 1.54) is 23.9 Å². The molecule has 0 saturated carbocycles. The van der Waals surface area contributed by atoms with E-state index >= 15 is 0 Å². The maximum atomic E-state index is 13.4. The van der Waals surface area contributed by atoms with E-state index in [9.17, 15) is 18.0 Å². The molecule has 0 unspecified atom stereocenters. The lowest BCUT2D eigenvalue weighted by Gasteiger charge is -2.31. The molecular weight excluding hydrogens is 482 g/mol. The number of thioether (sulfide) groups is 1. The maximum Gasteiger partial charge on any atom is 0.261 e. The van der Waals surface area contributed by atoms with E-state index < -0.39 is 10.0 Å². The minimum Gasteiger partial charge on any atom is -0.339 e. The van der Waals surface area contributed by atoms with Gasteiger partial charge in [-0.25, -0.2) is 8.42 Å². The van der Waals surface area contributed by atoms with E-state index in [0.717, 1.165) is 37.0 Å². The van der Waals surface area contributed by atoms with Gasteiger partial charge in [0.05, 0.1) is 21.7 Å². The molecule has 0 aromatic heterocycles. The van der Waals surface area contributed by atoms with Crippen LogP contribution >= 0.6 is 11.8 Å². The largest absolute Gasteiger partial charge is 0.339 e. The van der Waals surface area contributed by atoms with Crippen molar-refractivity contribution >= 4 is 39.3 Å².